The quantitative estimate of drug-likeness (QED) is 0.459. The van der Waals surface area contributed by atoms with Crippen LogP contribution >= 0.6 is 0 Å². The number of carbonyl (C=O) groups excluding carboxylic acids is 2. The third kappa shape index (κ3) is 6.47. The van der Waals surface area contributed by atoms with E-state index in [0.717, 1.165) is 5.56 Å². The number of nitrogens with zero attached hydrogens (tertiary/aromatic N) is 1. The van der Waals surface area contributed by atoms with Crippen LogP contribution in [0.5, 0.6) is 0 Å². The van der Waals surface area contributed by atoms with Crippen LogP contribution in [0, 0.1) is 11.6 Å². The van der Waals surface area contributed by atoms with Gasteiger partial charge in [0.25, 0.3) is 0 Å². The molecular weight excluding hydrogens is 462 g/mol. The highest BCUT2D eigenvalue weighted by atomic mass is 19.1. The SMILES string of the molecule is O=C(CC1(c2ccccc2)CCN(C(=O)OCc2ccc(F)cc2)CC1)NCCc1ccccc1F. The third-order valence-corrected chi connectivity index (χ3v) is 6.81. The van der Waals surface area contributed by atoms with Gasteiger partial charge in [0, 0.05) is 31.5 Å². The summed E-state index contributed by atoms with van der Waals surface area (Å²) in [5, 5.41) is 2.94. The number of carbonyl (C=O) groups is 2. The fourth-order valence-corrected chi connectivity index (χ4v) is 4.70. The highest BCUT2D eigenvalue weighted by molar-refractivity contribution is 5.78. The van der Waals surface area contributed by atoms with Crippen molar-refractivity contribution in [3.05, 3.63) is 107 Å². The summed E-state index contributed by atoms with van der Waals surface area (Å²) in [6.45, 7) is 1.34. The number of piperidine rings is 1. The Bertz CT molecular complexity index is 1160. The molecule has 0 bridgehead atoms. The number of hydrogen-bond donors (Lipinski definition) is 1. The predicted molar refractivity (Wildman–Crippen MR) is 133 cm³/mol. The van der Waals surface area contributed by atoms with E-state index in [1.54, 1.807) is 35.2 Å². The lowest BCUT2D eigenvalue weighted by Crippen LogP contribution is -2.47. The second-order valence-electron chi connectivity index (χ2n) is 9.18. The van der Waals surface area contributed by atoms with Crippen LogP contribution in [0.2, 0.25) is 0 Å². The molecule has 0 spiro atoms. The number of halogens is 2. The molecule has 0 aromatic heterocycles. The molecule has 5 nitrogen and oxygen atoms in total. The van der Waals surface area contributed by atoms with Crippen LogP contribution in [0.3, 0.4) is 0 Å². The Balaban J connectivity index is 1.34. The van der Waals surface area contributed by atoms with Crippen molar-refractivity contribution >= 4 is 12.0 Å². The fraction of sp³-hybridized carbons (Fsp3) is 0.310. The lowest BCUT2D eigenvalue weighted by atomic mass is 9.70. The van der Waals surface area contributed by atoms with Crippen molar-refractivity contribution in [2.24, 2.45) is 0 Å². The topological polar surface area (TPSA) is 58.6 Å². The number of likely N-dealkylation sites (tertiary alicyclic amines) is 1. The first kappa shape index (κ1) is 25.4. The van der Waals surface area contributed by atoms with E-state index >= 15 is 0 Å². The zero-order chi connectivity index (χ0) is 25.4. The fourth-order valence-electron chi connectivity index (χ4n) is 4.70. The zero-order valence-corrected chi connectivity index (χ0v) is 20.1. The van der Waals surface area contributed by atoms with E-state index < -0.39 is 11.5 Å². The molecule has 0 aliphatic carbocycles. The summed E-state index contributed by atoms with van der Waals surface area (Å²) in [6, 6.07) is 22.3. The number of hydrogen-bond acceptors (Lipinski definition) is 3. The second-order valence-corrected chi connectivity index (χ2v) is 9.18. The molecule has 36 heavy (non-hydrogen) atoms. The molecule has 1 fully saturated rings. The summed E-state index contributed by atoms with van der Waals surface area (Å²) < 4.78 is 32.4. The van der Waals surface area contributed by atoms with Gasteiger partial charge in [-0.05, 0) is 54.2 Å². The molecule has 188 valence electrons. The molecule has 1 N–H and O–H groups in total. The molecule has 1 aliphatic rings. The Morgan fingerprint density at radius 2 is 1.56 bits per heavy atom. The maximum atomic E-state index is 13.9. The zero-order valence-electron chi connectivity index (χ0n) is 20.1. The summed E-state index contributed by atoms with van der Waals surface area (Å²) in [5.41, 5.74) is 1.95. The molecule has 0 saturated carbocycles. The standard InChI is InChI=1S/C29H30F2N2O3/c30-25-12-10-22(11-13-25)21-36-28(35)33-18-15-29(16-19-33,24-7-2-1-3-8-24)20-27(34)32-17-14-23-6-4-5-9-26(23)31/h1-13H,14-21H2,(H,32,34). The average molecular weight is 493 g/mol. The van der Waals surface area contributed by atoms with Crippen molar-refractivity contribution in [3.63, 3.8) is 0 Å². The van der Waals surface area contributed by atoms with E-state index in [-0.39, 0.29) is 30.6 Å². The Kier molecular flexibility index (Phi) is 8.31. The molecule has 0 atom stereocenters. The van der Waals surface area contributed by atoms with Gasteiger partial charge in [0.2, 0.25) is 5.91 Å². The van der Waals surface area contributed by atoms with Crippen molar-refractivity contribution < 1.29 is 23.1 Å². The van der Waals surface area contributed by atoms with Crippen LogP contribution in [0.1, 0.15) is 36.0 Å². The molecule has 4 rings (SSSR count). The van der Waals surface area contributed by atoms with Gasteiger partial charge in [0.05, 0.1) is 0 Å². The lowest BCUT2D eigenvalue weighted by Gasteiger charge is -2.41. The van der Waals surface area contributed by atoms with Gasteiger partial charge in [-0.2, -0.15) is 0 Å². The second kappa shape index (κ2) is 11.8. The molecule has 1 aliphatic heterocycles. The van der Waals surface area contributed by atoms with E-state index in [1.807, 2.05) is 30.3 Å². The lowest BCUT2D eigenvalue weighted by molar-refractivity contribution is -0.122. The molecule has 3 aromatic rings. The molecule has 0 radical (unpaired) electrons. The van der Waals surface area contributed by atoms with Crippen LogP contribution in [0.25, 0.3) is 0 Å². The van der Waals surface area contributed by atoms with Gasteiger partial charge in [-0.1, -0.05) is 60.7 Å². The van der Waals surface area contributed by atoms with Crippen LogP contribution in [-0.2, 0) is 28.0 Å². The number of nitrogens with one attached hydrogen (secondary N) is 1. The van der Waals surface area contributed by atoms with Gasteiger partial charge in [0.15, 0.2) is 0 Å². The first-order valence-corrected chi connectivity index (χ1v) is 12.2. The van der Waals surface area contributed by atoms with E-state index in [4.69, 9.17) is 4.74 Å². The summed E-state index contributed by atoms with van der Waals surface area (Å²) >= 11 is 0. The minimum atomic E-state index is -0.421. The average Bonchev–Trinajstić information content (AvgIpc) is 2.90. The van der Waals surface area contributed by atoms with Gasteiger partial charge in [-0.25, -0.2) is 13.6 Å². The van der Waals surface area contributed by atoms with Crippen LogP contribution < -0.4 is 5.32 Å². The number of rotatable bonds is 8. The summed E-state index contributed by atoms with van der Waals surface area (Å²) in [7, 11) is 0. The smallest absolute Gasteiger partial charge is 0.410 e. The molecular formula is C29H30F2N2O3. The Labute approximate surface area is 210 Å². The van der Waals surface area contributed by atoms with E-state index in [1.165, 1.54) is 18.2 Å². The predicted octanol–water partition coefficient (Wildman–Crippen LogP) is 5.38. The van der Waals surface area contributed by atoms with E-state index in [9.17, 15) is 18.4 Å². The van der Waals surface area contributed by atoms with Gasteiger partial charge < -0.3 is 15.0 Å². The summed E-state index contributed by atoms with van der Waals surface area (Å²) in [5.74, 6) is -0.705. The Hall–Kier alpha value is -3.74. The van der Waals surface area contributed by atoms with Crippen LogP contribution in [-0.4, -0.2) is 36.5 Å². The van der Waals surface area contributed by atoms with Crippen molar-refractivity contribution in [2.45, 2.75) is 37.7 Å². The Morgan fingerprint density at radius 3 is 2.25 bits per heavy atom. The highest BCUT2D eigenvalue weighted by Gasteiger charge is 2.39. The number of amides is 2. The van der Waals surface area contributed by atoms with Gasteiger partial charge in [-0.3, -0.25) is 4.79 Å². The van der Waals surface area contributed by atoms with Crippen molar-refractivity contribution in [1.82, 2.24) is 10.2 Å². The summed E-state index contributed by atoms with van der Waals surface area (Å²) in [4.78, 5) is 27.2. The number of ether oxygens (including phenoxy) is 1. The normalized spacial score (nSPS) is 14.8. The maximum absolute atomic E-state index is 13.9. The van der Waals surface area contributed by atoms with E-state index in [2.05, 4.69) is 5.32 Å². The minimum Gasteiger partial charge on any atom is -0.445 e. The van der Waals surface area contributed by atoms with Gasteiger partial charge in [-0.15, -0.1) is 0 Å². The number of benzene rings is 3. The van der Waals surface area contributed by atoms with Gasteiger partial charge >= 0.3 is 6.09 Å². The first-order chi connectivity index (χ1) is 17.4. The van der Waals surface area contributed by atoms with Gasteiger partial charge in [0.1, 0.15) is 18.2 Å². The molecule has 7 heteroatoms. The van der Waals surface area contributed by atoms with Crippen LogP contribution in [0.4, 0.5) is 13.6 Å². The first-order valence-electron chi connectivity index (χ1n) is 12.2. The minimum absolute atomic E-state index is 0.0733. The van der Waals surface area contributed by atoms with Crippen molar-refractivity contribution in [2.75, 3.05) is 19.6 Å². The molecule has 1 saturated heterocycles. The molecule has 2 amide bonds. The van der Waals surface area contributed by atoms with Crippen molar-refractivity contribution in [3.8, 4) is 0 Å². The van der Waals surface area contributed by atoms with Crippen molar-refractivity contribution in [1.29, 1.82) is 0 Å². The van der Waals surface area contributed by atoms with E-state index in [0.29, 0.717) is 50.0 Å². The largest absolute Gasteiger partial charge is 0.445 e. The molecule has 1 heterocycles. The highest BCUT2D eigenvalue weighted by Crippen LogP contribution is 2.39. The maximum Gasteiger partial charge on any atom is 0.410 e. The van der Waals surface area contributed by atoms with Crippen LogP contribution in [0.15, 0.2) is 78.9 Å². The molecule has 3 aromatic carbocycles. The third-order valence-electron chi connectivity index (χ3n) is 6.81. The molecule has 0 unspecified atom stereocenters. The summed E-state index contributed by atoms with van der Waals surface area (Å²) in [6.07, 6.45) is 1.51. The Morgan fingerprint density at radius 1 is 0.889 bits per heavy atom. The monoisotopic (exact) mass is 492 g/mol.